The van der Waals surface area contributed by atoms with Gasteiger partial charge in [0, 0.05) is 19.7 Å². The third-order valence-electron chi connectivity index (χ3n) is 2.57. The third kappa shape index (κ3) is 3.38. The summed E-state index contributed by atoms with van der Waals surface area (Å²) in [6.45, 7) is 0.304. The second kappa shape index (κ2) is 6.10. The van der Waals surface area contributed by atoms with Crippen LogP contribution in [0.15, 0.2) is 34.9 Å². The molecule has 0 spiro atoms. The van der Waals surface area contributed by atoms with Crippen LogP contribution in [0, 0.1) is 0 Å². The van der Waals surface area contributed by atoms with E-state index in [0.29, 0.717) is 11.7 Å². The summed E-state index contributed by atoms with van der Waals surface area (Å²) >= 11 is 0. The molecule has 0 radical (unpaired) electrons. The number of carbonyl (C=O) groups is 1. The van der Waals surface area contributed by atoms with E-state index in [0.717, 1.165) is 5.56 Å². The highest BCUT2D eigenvalue weighted by molar-refractivity contribution is 5.77. The zero-order valence-corrected chi connectivity index (χ0v) is 10.9. The minimum absolute atomic E-state index is 0.0379. The van der Waals surface area contributed by atoms with Crippen molar-refractivity contribution in [1.29, 1.82) is 0 Å². The van der Waals surface area contributed by atoms with Crippen LogP contribution in [0.1, 0.15) is 5.89 Å². The van der Waals surface area contributed by atoms with Crippen LogP contribution in [-0.4, -0.2) is 41.7 Å². The first-order valence-corrected chi connectivity index (χ1v) is 5.81. The molecule has 6 heteroatoms. The predicted octanol–water partition coefficient (Wildman–Crippen LogP) is 1.34. The van der Waals surface area contributed by atoms with Gasteiger partial charge in [0.05, 0.1) is 6.54 Å². The Morgan fingerprint density at radius 3 is 2.79 bits per heavy atom. The molecule has 19 heavy (non-hydrogen) atoms. The summed E-state index contributed by atoms with van der Waals surface area (Å²) in [6, 6.07) is 9.52. The summed E-state index contributed by atoms with van der Waals surface area (Å²) in [6.07, 6.45) is 0. The molecule has 0 saturated heterocycles. The molecule has 0 aliphatic carbocycles. The maximum Gasteiger partial charge on any atom is 0.248 e. The lowest BCUT2D eigenvalue weighted by Crippen LogP contribution is -2.29. The SMILES string of the molecule is COCC(=O)N(C)Cc1nc(-c2ccccc2)no1. The first-order chi connectivity index (χ1) is 9.20. The Bertz CT molecular complexity index is 539. The predicted molar refractivity (Wildman–Crippen MR) is 68.1 cm³/mol. The van der Waals surface area contributed by atoms with E-state index in [9.17, 15) is 4.79 Å². The first kappa shape index (κ1) is 13.2. The summed E-state index contributed by atoms with van der Waals surface area (Å²) in [4.78, 5) is 17.3. The van der Waals surface area contributed by atoms with Crippen molar-refractivity contribution in [1.82, 2.24) is 15.0 Å². The lowest BCUT2D eigenvalue weighted by molar-refractivity contribution is -0.134. The summed E-state index contributed by atoms with van der Waals surface area (Å²) in [5.74, 6) is 0.774. The van der Waals surface area contributed by atoms with Crippen LogP contribution < -0.4 is 0 Å². The van der Waals surface area contributed by atoms with Crippen LogP contribution in [0.25, 0.3) is 11.4 Å². The molecule has 0 fully saturated rings. The van der Waals surface area contributed by atoms with Crippen LogP contribution in [-0.2, 0) is 16.1 Å². The minimum Gasteiger partial charge on any atom is -0.375 e. The maximum absolute atomic E-state index is 11.5. The van der Waals surface area contributed by atoms with E-state index in [-0.39, 0.29) is 19.1 Å². The van der Waals surface area contributed by atoms with Gasteiger partial charge in [0.25, 0.3) is 0 Å². The van der Waals surface area contributed by atoms with Crippen LogP contribution in [0.2, 0.25) is 0 Å². The van der Waals surface area contributed by atoms with Crippen molar-refractivity contribution in [2.75, 3.05) is 20.8 Å². The van der Waals surface area contributed by atoms with Gasteiger partial charge in [-0.15, -0.1) is 0 Å². The standard InChI is InChI=1S/C13H15N3O3/c1-16(12(17)9-18-2)8-11-14-13(15-19-11)10-6-4-3-5-7-10/h3-7H,8-9H2,1-2H3. The number of rotatable bonds is 5. The maximum atomic E-state index is 11.5. The Morgan fingerprint density at radius 2 is 2.11 bits per heavy atom. The topological polar surface area (TPSA) is 68.5 Å². The van der Waals surface area contributed by atoms with Crippen LogP contribution >= 0.6 is 0 Å². The van der Waals surface area contributed by atoms with Crippen LogP contribution in [0.5, 0.6) is 0 Å². The van der Waals surface area contributed by atoms with E-state index >= 15 is 0 Å². The number of hydrogen-bond donors (Lipinski definition) is 0. The van der Waals surface area contributed by atoms with Crippen molar-refractivity contribution in [2.24, 2.45) is 0 Å². The molecule has 1 heterocycles. The fraction of sp³-hybridized carbons (Fsp3) is 0.308. The van der Waals surface area contributed by atoms with E-state index in [1.54, 1.807) is 7.05 Å². The molecule has 2 rings (SSSR count). The molecule has 0 bridgehead atoms. The molecular weight excluding hydrogens is 246 g/mol. The normalized spacial score (nSPS) is 10.4. The molecule has 0 atom stereocenters. The smallest absolute Gasteiger partial charge is 0.248 e. The highest BCUT2D eigenvalue weighted by atomic mass is 16.5. The Morgan fingerprint density at radius 1 is 1.37 bits per heavy atom. The van der Waals surface area contributed by atoms with Gasteiger partial charge in [-0.2, -0.15) is 4.98 Å². The van der Waals surface area contributed by atoms with E-state index < -0.39 is 0 Å². The van der Waals surface area contributed by atoms with E-state index in [1.807, 2.05) is 30.3 Å². The molecule has 0 unspecified atom stereocenters. The summed E-state index contributed by atoms with van der Waals surface area (Å²) in [5.41, 5.74) is 0.878. The lowest BCUT2D eigenvalue weighted by Gasteiger charge is -2.13. The molecule has 2 aromatic rings. The molecule has 0 aliphatic heterocycles. The molecule has 6 nitrogen and oxygen atoms in total. The number of methoxy groups -OCH3 is 1. The van der Waals surface area contributed by atoms with E-state index in [4.69, 9.17) is 9.26 Å². The fourth-order valence-corrected chi connectivity index (χ4v) is 1.55. The average molecular weight is 261 g/mol. The van der Waals surface area contributed by atoms with Crippen LogP contribution in [0.3, 0.4) is 0 Å². The van der Waals surface area contributed by atoms with E-state index in [1.165, 1.54) is 12.0 Å². The number of hydrogen-bond acceptors (Lipinski definition) is 5. The molecule has 100 valence electrons. The quantitative estimate of drug-likeness (QED) is 0.812. The molecule has 0 saturated carbocycles. The molecule has 0 N–H and O–H groups in total. The van der Waals surface area contributed by atoms with Gasteiger partial charge in [-0.25, -0.2) is 0 Å². The monoisotopic (exact) mass is 261 g/mol. The molecule has 0 aliphatic rings. The molecule has 1 aromatic carbocycles. The number of carbonyl (C=O) groups excluding carboxylic acids is 1. The molecule has 1 aromatic heterocycles. The van der Waals surface area contributed by atoms with Crippen molar-refractivity contribution >= 4 is 5.91 Å². The van der Waals surface area contributed by atoms with Gasteiger partial charge in [-0.3, -0.25) is 4.79 Å². The average Bonchev–Trinajstić information content (AvgIpc) is 2.88. The molecule has 1 amide bonds. The number of aromatic nitrogens is 2. The van der Waals surface area contributed by atoms with Gasteiger partial charge in [-0.1, -0.05) is 35.5 Å². The Hall–Kier alpha value is -2.21. The van der Waals surface area contributed by atoms with Gasteiger partial charge >= 0.3 is 0 Å². The lowest BCUT2D eigenvalue weighted by atomic mass is 10.2. The van der Waals surface area contributed by atoms with E-state index in [2.05, 4.69) is 10.1 Å². The number of likely N-dealkylation sites (N-methyl/N-ethyl adjacent to an activating group) is 1. The number of nitrogens with zero attached hydrogens (tertiary/aromatic N) is 3. The summed E-state index contributed by atoms with van der Waals surface area (Å²) < 4.78 is 9.90. The van der Waals surface area contributed by atoms with Gasteiger partial charge in [-0.05, 0) is 0 Å². The van der Waals surface area contributed by atoms with Crippen molar-refractivity contribution in [3.63, 3.8) is 0 Å². The number of ether oxygens (including phenoxy) is 1. The van der Waals surface area contributed by atoms with Gasteiger partial charge < -0.3 is 14.2 Å². The highest BCUT2D eigenvalue weighted by Gasteiger charge is 2.14. The summed E-state index contributed by atoms with van der Waals surface area (Å²) in [5, 5.41) is 3.89. The van der Waals surface area contributed by atoms with Gasteiger partial charge in [0.15, 0.2) is 0 Å². The number of amides is 1. The fourth-order valence-electron chi connectivity index (χ4n) is 1.55. The van der Waals surface area contributed by atoms with Crippen molar-refractivity contribution in [3.8, 4) is 11.4 Å². The second-order valence-corrected chi connectivity index (χ2v) is 4.06. The highest BCUT2D eigenvalue weighted by Crippen LogP contribution is 2.15. The molecular formula is C13H15N3O3. The second-order valence-electron chi connectivity index (χ2n) is 4.06. The van der Waals surface area contributed by atoms with Gasteiger partial charge in [0.2, 0.25) is 17.6 Å². The largest absolute Gasteiger partial charge is 0.375 e. The Balaban J connectivity index is 2.04. The van der Waals surface area contributed by atoms with Crippen molar-refractivity contribution in [2.45, 2.75) is 6.54 Å². The van der Waals surface area contributed by atoms with Crippen LogP contribution in [0.4, 0.5) is 0 Å². The first-order valence-electron chi connectivity index (χ1n) is 5.81. The van der Waals surface area contributed by atoms with Crippen molar-refractivity contribution in [3.05, 3.63) is 36.2 Å². The Labute approximate surface area is 111 Å². The zero-order chi connectivity index (χ0) is 13.7. The zero-order valence-electron chi connectivity index (χ0n) is 10.9. The summed E-state index contributed by atoms with van der Waals surface area (Å²) in [7, 11) is 3.14. The number of benzene rings is 1. The van der Waals surface area contributed by atoms with Gasteiger partial charge in [0.1, 0.15) is 6.61 Å². The Kier molecular flexibility index (Phi) is 4.25. The minimum atomic E-state index is -0.137. The third-order valence-corrected chi connectivity index (χ3v) is 2.57. The van der Waals surface area contributed by atoms with Crippen molar-refractivity contribution < 1.29 is 14.1 Å².